The third-order valence-corrected chi connectivity index (χ3v) is 13.7. The van der Waals surface area contributed by atoms with E-state index in [1.165, 1.54) is 18.2 Å². The minimum Gasteiger partial charge on any atom is -0.748 e. The number of unbranched alkanes of at least 4 members (excludes halogenated alkanes) is 3. The first kappa shape index (κ1) is 53.8. The van der Waals surface area contributed by atoms with Gasteiger partial charge in [0.25, 0.3) is 6.47 Å². The molecule has 0 spiro atoms. The van der Waals surface area contributed by atoms with Gasteiger partial charge in [-0.2, -0.15) is 4.58 Å². The number of aryl methyl sites for hydroxylation is 1. The summed E-state index contributed by atoms with van der Waals surface area (Å²) in [7, 11) is -9.28. The first-order chi connectivity index (χ1) is 29.1. The molecule has 6 rings (SSSR count). The maximum atomic E-state index is 16.0. The summed E-state index contributed by atoms with van der Waals surface area (Å²) in [5.74, 6) is -3.74. The SMILES string of the molecule is Cc1ccc2c(c1)C(C)(C)C(=CC=C1CCCC(C=CC3=[N+](CCCCS(=O)(=O)[O-])c4ccc(S(=O)(=O)[O-])cc4C3(C)C)=C1c1c(F)cc(F)cc1F)N2CCCCCOC=O.[Na+].[Na+]. The summed E-state index contributed by atoms with van der Waals surface area (Å²) in [6, 6.07) is 11.7. The van der Waals surface area contributed by atoms with Crippen LogP contribution in [0.4, 0.5) is 24.5 Å². The third kappa shape index (κ3) is 12.0. The second kappa shape index (κ2) is 21.9. The maximum absolute atomic E-state index is 16.0. The fourth-order valence-corrected chi connectivity index (χ4v) is 10.1. The van der Waals surface area contributed by atoms with Gasteiger partial charge in [0.05, 0.1) is 32.6 Å². The van der Waals surface area contributed by atoms with Crippen molar-refractivity contribution in [1.29, 1.82) is 0 Å². The van der Waals surface area contributed by atoms with Crippen molar-refractivity contribution < 1.29 is 112 Å². The van der Waals surface area contributed by atoms with Crippen molar-refractivity contribution in [2.24, 2.45) is 0 Å². The van der Waals surface area contributed by atoms with Crippen molar-refractivity contribution in [2.45, 2.75) is 102 Å². The molecule has 0 N–H and O–H groups in total. The normalized spacial score (nSPS) is 18.1. The monoisotopic (exact) mass is 939 g/mol. The molecule has 0 radical (unpaired) electrons. The molecule has 3 aromatic carbocycles. The van der Waals surface area contributed by atoms with E-state index in [4.69, 9.17) is 4.74 Å². The summed E-state index contributed by atoms with van der Waals surface area (Å²) in [5, 5.41) is 0. The molecule has 332 valence electrons. The fraction of sp³-hybridized carbons (Fsp3) is 0.404. The summed E-state index contributed by atoms with van der Waals surface area (Å²) >= 11 is 0. The Bertz CT molecular complexity index is 2630. The van der Waals surface area contributed by atoms with Gasteiger partial charge < -0.3 is 18.7 Å². The fourth-order valence-electron chi connectivity index (χ4n) is 9.03. The van der Waals surface area contributed by atoms with Crippen molar-refractivity contribution in [3.05, 3.63) is 129 Å². The zero-order valence-electron chi connectivity index (χ0n) is 37.6. The van der Waals surface area contributed by atoms with Gasteiger partial charge in [-0.1, -0.05) is 43.7 Å². The zero-order valence-corrected chi connectivity index (χ0v) is 43.2. The number of anilines is 1. The topological polar surface area (TPSA) is 147 Å². The molecule has 2 aliphatic heterocycles. The van der Waals surface area contributed by atoms with Gasteiger partial charge in [0.15, 0.2) is 5.71 Å². The van der Waals surface area contributed by atoms with E-state index >= 15 is 8.78 Å². The predicted octanol–water partition coefficient (Wildman–Crippen LogP) is 3.17. The summed E-state index contributed by atoms with van der Waals surface area (Å²) in [5.41, 5.74) is 5.82. The van der Waals surface area contributed by atoms with Crippen molar-refractivity contribution in [3.63, 3.8) is 0 Å². The predicted molar refractivity (Wildman–Crippen MR) is 231 cm³/mol. The molecule has 0 fully saturated rings. The van der Waals surface area contributed by atoms with E-state index in [2.05, 4.69) is 36.9 Å². The van der Waals surface area contributed by atoms with Gasteiger partial charge >= 0.3 is 59.1 Å². The Morgan fingerprint density at radius 1 is 0.812 bits per heavy atom. The van der Waals surface area contributed by atoms with Crippen LogP contribution in [0.3, 0.4) is 0 Å². The van der Waals surface area contributed by atoms with E-state index in [1.807, 2.05) is 37.5 Å². The van der Waals surface area contributed by atoms with Crippen LogP contribution in [-0.4, -0.2) is 68.1 Å². The minimum absolute atomic E-state index is 0. The molecule has 10 nitrogen and oxygen atoms in total. The minimum atomic E-state index is -4.81. The molecule has 3 aromatic rings. The molecule has 3 aliphatic rings. The van der Waals surface area contributed by atoms with E-state index in [0.717, 1.165) is 35.4 Å². The second-order valence-corrected chi connectivity index (χ2v) is 20.1. The molecule has 0 saturated heterocycles. The molecule has 1 aliphatic carbocycles. The molecule has 0 unspecified atom stereocenters. The van der Waals surface area contributed by atoms with Crippen LogP contribution in [0, 0.1) is 24.4 Å². The average molecular weight is 940 g/mol. The summed E-state index contributed by atoms with van der Waals surface area (Å²) in [6.45, 7) is 11.7. The van der Waals surface area contributed by atoms with Crippen LogP contribution >= 0.6 is 0 Å². The first-order valence-electron chi connectivity index (χ1n) is 20.8. The zero-order chi connectivity index (χ0) is 45.2. The summed E-state index contributed by atoms with van der Waals surface area (Å²) < 4.78 is 123. The van der Waals surface area contributed by atoms with E-state index < -0.39 is 59.2 Å². The summed E-state index contributed by atoms with van der Waals surface area (Å²) in [6.07, 6.45) is 11.6. The second-order valence-electron chi connectivity index (χ2n) is 17.2. The number of allylic oxidation sites excluding steroid dienone is 8. The molecular weight excluding hydrogens is 888 g/mol. The number of halogens is 3. The quantitative estimate of drug-likeness (QED) is 0.0656. The van der Waals surface area contributed by atoms with E-state index in [-0.39, 0.29) is 89.6 Å². The Morgan fingerprint density at radius 2 is 1.52 bits per heavy atom. The number of ether oxygens (including phenoxy) is 1. The number of fused-ring (bicyclic) bond motifs is 2. The number of rotatable bonds is 17. The molecule has 0 aromatic heterocycles. The molecule has 0 amide bonds. The Labute approximate surface area is 419 Å². The number of nitrogens with zero attached hydrogens (tertiary/aromatic N) is 2. The molecule has 0 bridgehead atoms. The van der Waals surface area contributed by atoms with Crippen LogP contribution in [0.2, 0.25) is 0 Å². The van der Waals surface area contributed by atoms with E-state index in [0.29, 0.717) is 85.5 Å². The largest absolute Gasteiger partial charge is 1.00 e. The Kier molecular flexibility index (Phi) is 18.4. The smallest absolute Gasteiger partial charge is 0.748 e. The van der Waals surface area contributed by atoms with Crippen molar-refractivity contribution in [1.82, 2.24) is 0 Å². The van der Waals surface area contributed by atoms with Crippen LogP contribution in [-0.2, 0) is 40.6 Å². The van der Waals surface area contributed by atoms with Gasteiger partial charge in [-0.3, -0.25) is 4.79 Å². The van der Waals surface area contributed by atoms with Gasteiger partial charge in [0, 0.05) is 65.4 Å². The molecule has 2 heterocycles. The number of hydrogen-bond acceptors (Lipinski definition) is 9. The summed E-state index contributed by atoms with van der Waals surface area (Å²) in [4.78, 5) is 12.5. The molecule has 0 atom stereocenters. The Hall–Kier alpha value is -2.83. The van der Waals surface area contributed by atoms with Crippen LogP contribution in [0.25, 0.3) is 5.57 Å². The van der Waals surface area contributed by atoms with Gasteiger partial charge in [0.2, 0.25) is 5.69 Å². The average Bonchev–Trinajstić information content (AvgIpc) is 3.52. The van der Waals surface area contributed by atoms with Crippen molar-refractivity contribution >= 4 is 49.4 Å². The number of benzene rings is 3. The molecule has 0 saturated carbocycles. The van der Waals surface area contributed by atoms with Crippen LogP contribution in [0.15, 0.2) is 94.6 Å². The number of carbonyl (C=O) groups is 1. The first-order valence-corrected chi connectivity index (χ1v) is 23.7. The van der Waals surface area contributed by atoms with Crippen LogP contribution in [0.1, 0.15) is 101 Å². The molecular formula is C47H52F3N2Na2O8S2+. The Morgan fingerprint density at radius 3 is 2.17 bits per heavy atom. The van der Waals surface area contributed by atoms with Crippen LogP contribution < -0.4 is 64.0 Å². The number of hydrogen-bond donors (Lipinski definition) is 0. The van der Waals surface area contributed by atoms with Gasteiger partial charge in [-0.25, -0.2) is 30.0 Å². The maximum Gasteiger partial charge on any atom is 1.00 e. The number of carbonyl (C=O) groups excluding carboxylic acids is 1. The molecule has 17 heteroatoms. The molecule has 64 heavy (non-hydrogen) atoms. The van der Waals surface area contributed by atoms with Crippen molar-refractivity contribution in [3.8, 4) is 0 Å². The van der Waals surface area contributed by atoms with Crippen molar-refractivity contribution in [2.75, 3.05) is 30.3 Å². The van der Waals surface area contributed by atoms with Gasteiger partial charge in [0.1, 0.15) is 34.1 Å². The van der Waals surface area contributed by atoms with E-state index in [9.17, 15) is 35.1 Å². The van der Waals surface area contributed by atoms with Crippen LogP contribution in [0.5, 0.6) is 0 Å². The van der Waals surface area contributed by atoms with Gasteiger partial charge in [-0.05, 0) is 112 Å². The van der Waals surface area contributed by atoms with E-state index in [1.54, 1.807) is 12.2 Å². The van der Waals surface area contributed by atoms with Gasteiger partial charge in [-0.15, -0.1) is 0 Å². The third-order valence-electron chi connectivity index (χ3n) is 12.1. The standard InChI is InChI=1S/C47H53F3N2O8S2.2Na/c1-31-14-18-40-36(26-31)46(2,3)42(51(40)22-7-6-9-24-60-30-53)20-15-32-12-11-13-33(44(32)45-38(49)27-34(48)28-39(45)50)16-21-43-47(4,5)37-29-35(62(57,58)59)17-19-41(37)52(43)23-8-10-25-61(54,55)56;;/h14-21,26-30H,6-13,22-25H2,1-5H3,(H-,54,55,56,57,58,59);;/q;2*+1/p-1. The Balaban J connectivity index is 0.00000449.